The van der Waals surface area contributed by atoms with E-state index in [0.717, 1.165) is 22.6 Å². The molecule has 2 aromatic carbocycles. The van der Waals surface area contributed by atoms with Crippen LogP contribution in [0.2, 0.25) is 5.02 Å². The number of carbonyl (C=O) groups is 2. The molecule has 154 valence electrons. The highest BCUT2D eigenvalue weighted by Crippen LogP contribution is 2.32. The maximum atomic E-state index is 12.7. The lowest BCUT2D eigenvalue weighted by atomic mass is 10.1. The van der Waals surface area contributed by atoms with Crippen LogP contribution in [0.1, 0.15) is 23.9 Å². The Morgan fingerprint density at radius 2 is 1.97 bits per heavy atom. The molecular weight excluding hydrogens is 404 g/mol. The lowest BCUT2D eigenvalue weighted by Gasteiger charge is -2.23. The van der Waals surface area contributed by atoms with E-state index < -0.39 is 6.10 Å². The SMILES string of the molecule is Cc1nn(-c2ccc(Cl)cc2)c(C)c1CC(=O)Nc1ccc2c(c1)NC(=O)[C@@H](C)O2. The van der Waals surface area contributed by atoms with Gasteiger partial charge in [0.05, 0.1) is 23.5 Å². The summed E-state index contributed by atoms with van der Waals surface area (Å²) in [4.78, 5) is 24.5. The van der Waals surface area contributed by atoms with Gasteiger partial charge in [-0.3, -0.25) is 9.59 Å². The highest BCUT2D eigenvalue weighted by Gasteiger charge is 2.24. The molecule has 0 saturated heterocycles. The van der Waals surface area contributed by atoms with E-state index >= 15 is 0 Å². The van der Waals surface area contributed by atoms with Gasteiger partial charge in [-0.1, -0.05) is 11.6 Å². The monoisotopic (exact) mass is 424 g/mol. The van der Waals surface area contributed by atoms with Gasteiger partial charge in [-0.2, -0.15) is 5.10 Å². The Balaban J connectivity index is 1.50. The summed E-state index contributed by atoms with van der Waals surface area (Å²) in [5.74, 6) is 0.191. The first-order chi connectivity index (χ1) is 14.3. The number of nitrogens with zero attached hydrogens (tertiary/aromatic N) is 2. The van der Waals surface area contributed by atoms with Gasteiger partial charge in [0.1, 0.15) is 5.75 Å². The number of rotatable bonds is 4. The minimum absolute atomic E-state index is 0.173. The second-order valence-electron chi connectivity index (χ2n) is 7.22. The summed E-state index contributed by atoms with van der Waals surface area (Å²) in [5.41, 5.74) is 4.55. The van der Waals surface area contributed by atoms with Crippen LogP contribution < -0.4 is 15.4 Å². The predicted octanol–water partition coefficient (Wildman–Crippen LogP) is 4.04. The molecule has 0 saturated carbocycles. The summed E-state index contributed by atoms with van der Waals surface area (Å²) in [7, 11) is 0. The standard InChI is InChI=1S/C22H21ClN4O3/c1-12-18(13(2)27(26-12)17-7-4-15(23)5-8-17)11-21(28)24-16-6-9-20-19(10-16)25-22(29)14(3)30-20/h4-10,14H,11H2,1-3H3,(H,24,28)(H,25,29)/t14-/m1/s1. The Morgan fingerprint density at radius 3 is 2.70 bits per heavy atom. The number of aromatic nitrogens is 2. The lowest BCUT2D eigenvalue weighted by molar-refractivity contribution is -0.122. The fourth-order valence-electron chi connectivity index (χ4n) is 3.42. The topological polar surface area (TPSA) is 85.3 Å². The number of hydrogen-bond acceptors (Lipinski definition) is 4. The van der Waals surface area contributed by atoms with E-state index in [0.29, 0.717) is 22.1 Å². The van der Waals surface area contributed by atoms with Gasteiger partial charge in [-0.05, 0) is 63.2 Å². The maximum absolute atomic E-state index is 12.7. The third-order valence-corrected chi connectivity index (χ3v) is 5.30. The molecule has 2 amide bonds. The van der Waals surface area contributed by atoms with Crippen molar-refractivity contribution >= 4 is 34.8 Å². The van der Waals surface area contributed by atoms with Gasteiger partial charge in [0.25, 0.3) is 5.91 Å². The van der Waals surface area contributed by atoms with Gasteiger partial charge in [0.15, 0.2) is 6.10 Å². The van der Waals surface area contributed by atoms with Crippen LogP contribution in [0.15, 0.2) is 42.5 Å². The van der Waals surface area contributed by atoms with Gasteiger partial charge in [0, 0.05) is 22.0 Å². The van der Waals surface area contributed by atoms with Gasteiger partial charge in [-0.15, -0.1) is 0 Å². The normalized spacial score (nSPS) is 15.2. The molecule has 1 aliphatic heterocycles. The van der Waals surface area contributed by atoms with Crippen LogP contribution in [0.4, 0.5) is 11.4 Å². The predicted molar refractivity (Wildman–Crippen MR) is 116 cm³/mol. The molecular formula is C22H21ClN4O3. The Bertz CT molecular complexity index is 1140. The van der Waals surface area contributed by atoms with Crippen LogP contribution in [0.3, 0.4) is 0 Å². The number of carbonyl (C=O) groups excluding carboxylic acids is 2. The summed E-state index contributed by atoms with van der Waals surface area (Å²) in [6.07, 6.45) is -0.358. The molecule has 0 spiro atoms. The molecule has 1 atom stereocenters. The van der Waals surface area contributed by atoms with Crippen molar-refractivity contribution in [2.45, 2.75) is 33.3 Å². The zero-order chi connectivity index (χ0) is 21.4. The second-order valence-corrected chi connectivity index (χ2v) is 7.66. The summed E-state index contributed by atoms with van der Waals surface area (Å²) in [5, 5.41) is 10.9. The van der Waals surface area contributed by atoms with Crippen LogP contribution in [0.5, 0.6) is 5.75 Å². The quantitative estimate of drug-likeness (QED) is 0.661. The molecule has 2 N–H and O–H groups in total. The number of benzene rings is 2. The number of ether oxygens (including phenoxy) is 1. The zero-order valence-electron chi connectivity index (χ0n) is 16.8. The lowest BCUT2D eigenvalue weighted by Crippen LogP contribution is -2.34. The van der Waals surface area contributed by atoms with E-state index in [1.807, 2.05) is 26.0 Å². The Hall–Kier alpha value is -3.32. The van der Waals surface area contributed by atoms with Crippen LogP contribution >= 0.6 is 11.6 Å². The van der Waals surface area contributed by atoms with Gasteiger partial charge < -0.3 is 15.4 Å². The third kappa shape index (κ3) is 3.89. The first-order valence-electron chi connectivity index (χ1n) is 9.54. The Kier molecular flexibility index (Phi) is 5.22. The van der Waals surface area contributed by atoms with Crippen LogP contribution in [0.25, 0.3) is 5.69 Å². The third-order valence-electron chi connectivity index (χ3n) is 5.04. The smallest absolute Gasteiger partial charge is 0.265 e. The molecule has 1 aromatic heterocycles. The fourth-order valence-corrected chi connectivity index (χ4v) is 3.54. The van der Waals surface area contributed by atoms with Gasteiger partial charge in [0.2, 0.25) is 5.91 Å². The van der Waals surface area contributed by atoms with E-state index in [1.54, 1.807) is 41.9 Å². The molecule has 7 nitrogen and oxygen atoms in total. The van der Waals surface area contributed by atoms with Crippen molar-refractivity contribution in [1.29, 1.82) is 0 Å². The molecule has 0 radical (unpaired) electrons. The molecule has 30 heavy (non-hydrogen) atoms. The number of hydrogen-bond donors (Lipinski definition) is 2. The van der Waals surface area contributed by atoms with Crippen LogP contribution in [-0.2, 0) is 16.0 Å². The van der Waals surface area contributed by atoms with Crippen molar-refractivity contribution < 1.29 is 14.3 Å². The number of amides is 2. The fraction of sp³-hybridized carbons (Fsp3) is 0.227. The minimum atomic E-state index is -0.541. The van der Waals surface area contributed by atoms with Crippen molar-refractivity contribution in [3.63, 3.8) is 0 Å². The molecule has 8 heteroatoms. The Morgan fingerprint density at radius 1 is 1.23 bits per heavy atom. The van der Waals surface area contributed by atoms with E-state index in [4.69, 9.17) is 16.3 Å². The minimum Gasteiger partial charge on any atom is -0.479 e. The molecule has 0 aliphatic carbocycles. The van der Waals surface area contributed by atoms with E-state index in [2.05, 4.69) is 15.7 Å². The summed E-state index contributed by atoms with van der Waals surface area (Å²) >= 11 is 5.97. The summed E-state index contributed by atoms with van der Waals surface area (Å²) < 4.78 is 7.35. The van der Waals surface area contributed by atoms with Crippen molar-refractivity contribution in [3.05, 3.63) is 64.4 Å². The first-order valence-corrected chi connectivity index (χ1v) is 9.92. The highest BCUT2D eigenvalue weighted by atomic mass is 35.5. The summed E-state index contributed by atoms with van der Waals surface area (Å²) in [6.45, 7) is 5.50. The molecule has 1 aliphatic rings. The first kappa shape index (κ1) is 20.0. The number of aryl methyl sites for hydroxylation is 1. The second kappa shape index (κ2) is 7.84. The van der Waals surface area contributed by atoms with E-state index in [1.165, 1.54) is 0 Å². The van der Waals surface area contributed by atoms with Crippen molar-refractivity contribution in [1.82, 2.24) is 9.78 Å². The van der Waals surface area contributed by atoms with Crippen molar-refractivity contribution in [2.24, 2.45) is 0 Å². The molecule has 4 rings (SSSR count). The highest BCUT2D eigenvalue weighted by molar-refractivity contribution is 6.30. The average molecular weight is 425 g/mol. The van der Waals surface area contributed by atoms with E-state index in [-0.39, 0.29) is 18.2 Å². The molecule has 2 heterocycles. The Labute approximate surface area is 179 Å². The largest absolute Gasteiger partial charge is 0.479 e. The average Bonchev–Trinajstić information content (AvgIpc) is 2.98. The van der Waals surface area contributed by atoms with Crippen LogP contribution in [0, 0.1) is 13.8 Å². The number of halogens is 1. The number of anilines is 2. The van der Waals surface area contributed by atoms with E-state index in [9.17, 15) is 9.59 Å². The number of fused-ring (bicyclic) bond motifs is 1. The molecule has 0 unspecified atom stereocenters. The molecule has 3 aromatic rings. The zero-order valence-corrected chi connectivity index (χ0v) is 17.6. The summed E-state index contributed by atoms with van der Waals surface area (Å²) in [6, 6.07) is 12.5. The van der Waals surface area contributed by atoms with Crippen LogP contribution in [-0.4, -0.2) is 27.7 Å². The number of nitrogens with one attached hydrogen (secondary N) is 2. The van der Waals surface area contributed by atoms with Crippen molar-refractivity contribution in [3.8, 4) is 11.4 Å². The van der Waals surface area contributed by atoms with Gasteiger partial charge in [-0.25, -0.2) is 4.68 Å². The maximum Gasteiger partial charge on any atom is 0.265 e. The van der Waals surface area contributed by atoms with Crippen molar-refractivity contribution in [2.75, 3.05) is 10.6 Å². The molecule has 0 bridgehead atoms. The molecule has 0 fully saturated rings. The van der Waals surface area contributed by atoms with Gasteiger partial charge >= 0.3 is 0 Å².